The molecule has 2 nitrogen and oxygen atoms in total. The summed E-state index contributed by atoms with van der Waals surface area (Å²) < 4.78 is 5.56. The van der Waals surface area contributed by atoms with Crippen molar-refractivity contribution in [3.63, 3.8) is 0 Å². The molecule has 0 amide bonds. The minimum Gasteiger partial charge on any atom is -0.393 e. The van der Waals surface area contributed by atoms with Gasteiger partial charge in [0.25, 0.3) is 0 Å². The lowest BCUT2D eigenvalue weighted by Gasteiger charge is -2.25. The zero-order valence-corrected chi connectivity index (χ0v) is 7.96. The van der Waals surface area contributed by atoms with Crippen LogP contribution in [0.2, 0.25) is 0 Å². The van der Waals surface area contributed by atoms with Crippen molar-refractivity contribution >= 4 is 0 Å². The van der Waals surface area contributed by atoms with E-state index in [2.05, 4.69) is 0 Å². The summed E-state index contributed by atoms with van der Waals surface area (Å²) in [7, 11) is 0. The summed E-state index contributed by atoms with van der Waals surface area (Å²) in [6, 6.07) is 0. The first kappa shape index (κ1) is 10.0. The third-order valence-electron chi connectivity index (χ3n) is 2.56. The highest BCUT2D eigenvalue weighted by Crippen LogP contribution is 2.22. The van der Waals surface area contributed by atoms with Gasteiger partial charge in [0.05, 0.1) is 12.2 Å². The molecule has 12 heavy (non-hydrogen) atoms. The Labute approximate surface area is 74.9 Å². The standard InChI is InChI=1S/C10H20O2/c1-2-9(11)5-4-8-12-10-6-3-7-10/h9-11H,2-8H2,1H3. The van der Waals surface area contributed by atoms with Gasteiger partial charge in [0.1, 0.15) is 0 Å². The number of hydrogen-bond acceptors (Lipinski definition) is 2. The minimum atomic E-state index is -0.116. The van der Waals surface area contributed by atoms with Crippen molar-refractivity contribution in [3.05, 3.63) is 0 Å². The van der Waals surface area contributed by atoms with Crippen molar-refractivity contribution in [2.75, 3.05) is 6.61 Å². The summed E-state index contributed by atoms with van der Waals surface area (Å²) in [4.78, 5) is 0. The highest BCUT2D eigenvalue weighted by Gasteiger charge is 2.17. The Morgan fingerprint density at radius 2 is 2.25 bits per heavy atom. The molecule has 0 saturated heterocycles. The summed E-state index contributed by atoms with van der Waals surface area (Å²) in [5, 5.41) is 9.24. The molecule has 1 fully saturated rings. The number of aliphatic hydroxyl groups is 1. The van der Waals surface area contributed by atoms with Crippen LogP contribution in [0.15, 0.2) is 0 Å². The maximum Gasteiger partial charge on any atom is 0.0575 e. The lowest BCUT2D eigenvalue weighted by molar-refractivity contribution is -0.00321. The molecule has 1 aliphatic rings. The Morgan fingerprint density at radius 3 is 2.75 bits per heavy atom. The van der Waals surface area contributed by atoms with E-state index in [0.29, 0.717) is 6.10 Å². The highest BCUT2D eigenvalue weighted by molar-refractivity contribution is 4.68. The Bertz CT molecular complexity index is 104. The van der Waals surface area contributed by atoms with Crippen molar-refractivity contribution in [3.8, 4) is 0 Å². The van der Waals surface area contributed by atoms with E-state index in [1.54, 1.807) is 0 Å². The van der Waals surface area contributed by atoms with E-state index in [-0.39, 0.29) is 6.10 Å². The predicted molar refractivity (Wildman–Crippen MR) is 49.1 cm³/mol. The number of aliphatic hydroxyl groups excluding tert-OH is 1. The van der Waals surface area contributed by atoms with Crippen LogP contribution < -0.4 is 0 Å². The molecular weight excluding hydrogens is 152 g/mol. The van der Waals surface area contributed by atoms with Crippen LogP contribution in [0.4, 0.5) is 0 Å². The summed E-state index contributed by atoms with van der Waals surface area (Å²) in [6.45, 7) is 2.85. The maximum absolute atomic E-state index is 9.24. The van der Waals surface area contributed by atoms with E-state index in [1.165, 1.54) is 19.3 Å². The normalized spacial score (nSPS) is 20.5. The van der Waals surface area contributed by atoms with Crippen LogP contribution in [0.5, 0.6) is 0 Å². The molecule has 72 valence electrons. The summed E-state index contributed by atoms with van der Waals surface area (Å²) >= 11 is 0. The van der Waals surface area contributed by atoms with Gasteiger partial charge in [-0.2, -0.15) is 0 Å². The number of hydrogen-bond donors (Lipinski definition) is 1. The van der Waals surface area contributed by atoms with Gasteiger partial charge in [0.2, 0.25) is 0 Å². The fraction of sp³-hybridized carbons (Fsp3) is 1.00. The van der Waals surface area contributed by atoms with Crippen LogP contribution in [0.25, 0.3) is 0 Å². The second-order valence-corrected chi connectivity index (χ2v) is 3.63. The van der Waals surface area contributed by atoms with Crippen molar-refractivity contribution in [1.29, 1.82) is 0 Å². The zero-order valence-electron chi connectivity index (χ0n) is 7.96. The van der Waals surface area contributed by atoms with Gasteiger partial charge in [0, 0.05) is 6.61 Å². The SMILES string of the molecule is CCC(O)CCCOC1CCC1. The third-order valence-corrected chi connectivity index (χ3v) is 2.56. The molecule has 2 heteroatoms. The molecule has 0 bridgehead atoms. The van der Waals surface area contributed by atoms with Crippen molar-refractivity contribution in [2.45, 2.75) is 57.7 Å². The molecule has 1 N–H and O–H groups in total. The quantitative estimate of drug-likeness (QED) is 0.622. The lowest BCUT2D eigenvalue weighted by Crippen LogP contribution is -2.22. The minimum absolute atomic E-state index is 0.116. The molecule has 0 radical (unpaired) electrons. The molecule has 1 aliphatic carbocycles. The smallest absolute Gasteiger partial charge is 0.0575 e. The van der Waals surface area contributed by atoms with Crippen molar-refractivity contribution in [2.24, 2.45) is 0 Å². The molecular formula is C10H20O2. The molecule has 0 aromatic heterocycles. The fourth-order valence-electron chi connectivity index (χ4n) is 1.31. The molecule has 0 heterocycles. The molecule has 0 spiro atoms. The van der Waals surface area contributed by atoms with Gasteiger partial charge < -0.3 is 9.84 Å². The van der Waals surface area contributed by atoms with Gasteiger partial charge in [0.15, 0.2) is 0 Å². The fourth-order valence-corrected chi connectivity index (χ4v) is 1.31. The average Bonchev–Trinajstić information content (AvgIpc) is 2.00. The Hall–Kier alpha value is -0.0800. The highest BCUT2D eigenvalue weighted by atomic mass is 16.5. The third kappa shape index (κ3) is 3.55. The summed E-state index contributed by atoms with van der Waals surface area (Å²) in [5.74, 6) is 0. The monoisotopic (exact) mass is 172 g/mol. The van der Waals surface area contributed by atoms with Crippen LogP contribution >= 0.6 is 0 Å². The number of ether oxygens (including phenoxy) is 1. The van der Waals surface area contributed by atoms with Gasteiger partial charge in [-0.1, -0.05) is 6.92 Å². The number of rotatable bonds is 6. The molecule has 1 rings (SSSR count). The summed E-state index contributed by atoms with van der Waals surface area (Å²) in [6.07, 6.45) is 7.02. The van der Waals surface area contributed by atoms with Gasteiger partial charge in [-0.3, -0.25) is 0 Å². The van der Waals surface area contributed by atoms with Crippen LogP contribution in [0.3, 0.4) is 0 Å². The van der Waals surface area contributed by atoms with E-state index < -0.39 is 0 Å². The van der Waals surface area contributed by atoms with E-state index >= 15 is 0 Å². The van der Waals surface area contributed by atoms with E-state index in [4.69, 9.17) is 4.74 Å². The molecule has 0 aromatic rings. The van der Waals surface area contributed by atoms with Crippen LogP contribution in [0.1, 0.15) is 45.4 Å². The van der Waals surface area contributed by atoms with E-state index in [0.717, 1.165) is 25.9 Å². The first-order valence-corrected chi connectivity index (χ1v) is 5.12. The maximum atomic E-state index is 9.24. The Balaban J connectivity index is 1.82. The van der Waals surface area contributed by atoms with Gasteiger partial charge in [-0.05, 0) is 38.5 Å². The van der Waals surface area contributed by atoms with E-state index in [9.17, 15) is 5.11 Å². The molecule has 0 aliphatic heterocycles. The van der Waals surface area contributed by atoms with Crippen LogP contribution in [0, 0.1) is 0 Å². The van der Waals surface area contributed by atoms with Gasteiger partial charge in [-0.15, -0.1) is 0 Å². The Kier molecular flexibility index (Phi) is 4.62. The molecule has 1 unspecified atom stereocenters. The molecule has 1 atom stereocenters. The second-order valence-electron chi connectivity index (χ2n) is 3.63. The predicted octanol–water partition coefficient (Wildman–Crippen LogP) is 2.11. The van der Waals surface area contributed by atoms with E-state index in [1.807, 2.05) is 6.92 Å². The largest absolute Gasteiger partial charge is 0.393 e. The molecule has 0 aromatic carbocycles. The summed E-state index contributed by atoms with van der Waals surface area (Å²) in [5.41, 5.74) is 0. The first-order valence-electron chi connectivity index (χ1n) is 5.12. The zero-order chi connectivity index (χ0) is 8.81. The second kappa shape index (κ2) is 5.55. The topological polar surface area (TPSA) is 29.5 Å². The van der Waals surface area contributed by atoms with Crippen molar-refractivity contribution < 1.29 is 9.84 Å². The Morgan fingerprint density at radius 1 is 1.50 bits per heavy atom. The van der Waals surface area contributed by atoms with Gasteiger partial charge in [-0.25, -0.2) is 0 Å². The first-order chi connectivity index (χ1) is 5.83. The molecule has 1 saturated carbocycles. The lowest BCUT2D eigenvalue weighted by atomic mass is 9.96. The van der Waals surface area contributed by atoms with Crippen molar-refractivity contribution in [1.82, 2.24) is 0 Å². The van der Waals surface area contributed by atoms with Gasteiger partial charge >= 0.3 is 0 Å². The van der Waals surface area contributed by atoms with Crippen LogP contribution in [-0.2, 0) is 4.74 Å². The van der Waals surface area contributed by atoms with Crippen LogP contribution in [-0.4, -0.2) is 23.9 Å². The average molecular weight is 172 g/mol.